The molecule has 0 radical (unpaired) electrons. The molecule has 0 bridgehead atoms. The quantitative estimate of drug-likeness (QED) is 0.801. The lowest BCUT2D eigenvalue weighted by Crippen LogP contribution is -2.44. The minimum absolute atomic E-state index is 0. The van der Waals surface area contributed by atoms with Crippen LogP contribution in [0.3, 0.4) is 0 Å². The summed E-state index contributed by atoms with van der Waals surface area (Å²) in [7, 11) is 2.06. The number of halogens is 1. The first kappa shape index (κ1) is 18.9. The second kappa shape index (κ2) is 9.07. The van der Waals surface area contributed by atoms with E-state index < -0.39 is 0 Å². The number of hydrogen-bond acceptors (Lipinski definition) is 6. The molecule has 1 aromatic heterocycles. The predicted molar refractivity (Wildman–Crippen MR) is 86.0 cm³/mol. The molecule has 2 rings (SSSR count). The Morgan fingerprint density at radius 2 is 2.32 bits per heavy atom. The lowest BCUT2D eigenvalue weighted by Gasteiger charge is -2.30. The molecule has 2 heterocycles. The molecule has 1 unspecified atom stereocenters. The lowest BCUT2D eigenvalue weighted by molar-refractivity contribution is -0.121. The van der Waals surface area contributed by atoms with E-state index in [0.717, 1.165) is 19.6 Å². The summed E-state index contributed by atoms with van der Waals surface area (Å²) in [5.41, 5.74) is 0. The highest BCUT2D eigenvalue weighted by Gasteiger charge is 2.25. The molecule has 1 amide bonds. The second-order valence-corrected chi connectivity index (χ2v) is 5.94. The summed E-state index contributed by atoms with van der Waals surface area (Å²) in [4.78, 5) is 18.2. The molecule has 1 aliphatic rings. The Kier molecular flexibility index (Phi) is 7.78. The third-order valence-electron chi connectivity index (χ3n) is 3.55. The van der Waals surface area contributed by atoms with Crippen molar-refractivity contribution in [2.75, 3.05) is 33.2 Å². The zero-order chi connectivity index (χ0) is 15.2. The van der Waals surface area contributed by atoms with E-state index in [1.807, 2.05) is 13.8 Å². The number of amides is 1. The standard InChI is InChI=1S/C14H25N5O2.ClH/c1-10(2)8-12(20)16-5-4-13-17-14(18-21-13)11-9-15-6-7-19(11)3;/h10-11,15H,4-9H2,1-3H3,(H,16,20);1H. The predicted octanol–water partition coefficient (Wildman–Crippen LogP) is 0.772. The summed E-state index contributed by atoms with van der Waals surface area (Å²) in [6.45, 7) is 7.38. The molecule has 8 heteroatoms. The van der Waals surface area contributed by atoms with Crippen LogP contribution in [0.1, 0.15) is 38.0 Å². The van der Waals surface area contributed by atoms with Gasteiger partial charge in [-0.2, -0.15) is 4.98 Å². The van der Waals surface area contributed by atoms with Gasteiger partial charge in [0, 0.05) is 39.0 Å². The van der Waals surface area contributed by atoms with Crippen LogP contribution in [0, 0.1) is 5.92 Å². The summed E-state index contributed by atoms with van der Waals surface area (Å²) in [6.07, 6.45) is 1.12. The van der Waals surface area contributed by atoms with Gasteiger partial charge in [-0.3, -0.25) is 9.69 Å². The van der Waals surface area contributed by atoms with Gasteiger partial charge in [-0.05, 0) is 13.0 Å². The summed E-state index contributed by atoms with van der Waals surface area (Å²) < 4.78 is 5.26. The SMILES string of the molecule is CC(C)CC(=O)NCCc1nc(C2CNCCN2C)no1.Cl. The van der Waals surface area contributed by atoms with Crippen LogP contribution in [0.25, 0.3) is 0 Å². The Balaban J connectivity index is 0.00000242. The van der Waals surface area contributed by atoms with Crippen molar-refractivity contribution in [3.63, 3.8) is 0 Å². The van der Waals surface area contributed by atoms with Crippen LogP contribution < -0.4 is 10.6 Å². The number of hydrogen-bond donors (Lipinski definition) is 2. The minimum Gasteiger partial charge on any atom is -0.356 e. The number of carbonyl (C=O) groups is 1. The maximum absolute atomic E-state index is 11.5. The Morgan fingerprint density at radius 1 is 1.55 bits per heavy atom. The zero-order valence-electron chi connectivity index (χ0n) is 13.5. The molecule has 0 saturated carbocycles. The average molecular weight is 332 g/mol. The van der Waals surface area contributed by atoms with E-state index >= 15 is 0 Å². The van der Waals surface area contributed by atoms with Crippen LogP contribution in [-0.2, 0) is 11.2 Å². The number of aromatic nitrogens is 2. The molecule has 126 valence electrons. The van der Waals surface area contributed by atoms with Crippen LogP contribution >= 0.6 is 12.4 Å². The van der Waals surface area contributed by atoms with Crippen molar-refractivity contribution in [3.8, 4) is 0 Å². The summed E-state index contributed by atoms with van der Waals surface area (Å²) in [5, 5.41) is 10.3. The highest BCUT2D eigenvalue weighted by Crippen LogP contribution is 2.17. The molecule has 1 fully saturated rings. The van der Waals surface area contributed by atoms with Crippen molar-refractivity contribution in [1.29, 1.82) is 0 Å². The summed E-state index contributed by atoms with van der Waals surface area (Å²) in [6, 6.07) is 0.159. The topological polar surface area (TPSA) is 83.3 Å². The van der Waals surface area contributed by atoms with Crippen molar-refractivity contribution in [3.05, 3.63) is 11.7 Å². The fourth-order valence-electron chi connectivity index (χ4n) is 2.35. The molecule has 22 heavy (non-hydrogen) atoms. The lowest BCUT2D eigenvalue weighted by atomic mass is 10.1. The van der Waals surface area contributed by atoms with Gasteiger partial charge in [-0.1, -0.05) is 19.0 Å². The molecule has 2 N–H and O–H groups in total. The van der Waals surface area contributed by atoms with Gasteiger partial charge >= 0.3 is 0 Å². The Hall–Kier alpha value is -1.18. The van der Waals surface area contributed by atoms with E-state index in [1.54, 1.807) is 0 Å². The smallest absolute Gasteiger partial charge is 0.228 e. The van der Waals surface area contributed by atoms with Crippen LogP contribution in [0.5, 0.6) is 0 Å². The van der Waals surface area contributed by atoms with Gasteiger partial charge in [0.05, 0.1) is 6.04 Å². The second-order valence-electron chi connectivity index (χ2n) is 5.94. The third kappa shape index (κ3) is 5.55. The number of piperazine rings is 1. The molecular weight excluding hydrogens is 306 g/mol. The fourth-order valence-corrected chi connectivity index (χ4v) is 2.35. The van der Waals surface area contributed by atoms with Crippen molar-refractivity contribution in [1.82, 2.24) is 25.7 Å². The molecular formula is C14H26ClN5O2. The normalized spacial score (nSPS) is 19.0. The molecule has 0 spiro atoms. The van der Waals surface area contributed by atoms with Gasteiger partial charge < -0.3 is 15.2 Å². The Bertz CT molecular complexity index is 466. The zero-order valence-corrected chi connectivity index (χ0v) is 14.3. The van der Waals surface area contributed by atoms with Gasteiger partial charge in [0.15, 0.2) is 5.82 Å². The summed E-state index contributed by atoms with van der Waals surface area (Å²) >= 11 is 0. The van der Waals surface area contributed by atoms with Crippen molar-refractivity contribution < 1.29 is 9.32 Å². The average Bonchev–Trinajstić information content (AvgIpc) is 2.87. The van der Waals surface area contributed by atoms with E-state index in [4.69, 9.17) is 4.52 Å². The van der Waals surface area contributed by atoms with Gasteiger partial charge in [0.25, 0.3) is 0 Å². The highest BCUT2D eigenvalue weighted by atomic mass is 35.5. The molecule has 1 aromatic rings. The summed E-state index contributed by atoms with van der Waals surface area (Å²) in [5.74, 6) is 1.73. The van der Waals surface area contributed by atoms with Gasteiger partial charge in [0.2, 0.25) is 11.8 Å². The molecule has 1 aliphatic heterocycles. The number of likely N-dealkylation sites (N-methyl/N-ethyl adjacent to an activating group) is 1. The minimum atomic E-state index is 0. The first-order valence-corrected chi connectivity index (χ1v) is 7.56. The van der Waals surface area contributed by atoms with Crippen LogP contribution in [0.2, 0.25) is 0 Å². The molecule has 0 aromatic carbocycles. The van der Waals surface area contributed by atoms with E-state index in [0.29, 0.717) is 37.0 Å². The van der Waals surface area contributed by atoms with Crippen LogP contribution in [0.4, 0.5) is 0 Å². The molecule has 1 atom stereocenters. The van der Waals surface area contributed by atoms with E-state index in [2.05, 4.69) is 32.7 Å². The first-order chi connectivity index (χ1) is 10.1. The monoisotopic (exact) mass is 331 g/mol. The Labute approximate surface area is 137 Å². The van der Waals surface area contributed by atoms with Gasteiger partial charge in [-0.25, -0.2) is 0 Å². The molecule has 7 nitrogen and oxygen atoms in total. The van der Waals surface area contributed by atoms with Gasteiger partial charge in [-0.15, -0.1) is 12.4 Å². The van der Waals surface area contributed by atoms with E-state index in [-0.39, 0.29) is 24.4 Å². The van der Waals surface area contributed by atoms with Crippen LogP contribution in [0.15, 0.2) is 4.52 Å². The number of nitrogens with zero attached hydrogens (tertiary/aromatic N) is 3. The number of nitrogens with one attached hydrogen (secondary N) is 2. The maximum atomic E-state index is 11.5. The van der Waals surface area contributed by atoms with Gasteiger partial charge in [0.1, 0.15) is 0 Å². The molecule has 0 aliphatic carbocycles. The van der Waals surface area contributed by atoms with Crippen LogP contribution in [-0.4, -0.2) is 54.2 Å². The number of rotatable bonds is 6. The number of carbonyl (C=O) groups excluding carboxylic acids is 1. The van der Waals surface area contributed by atoms with E-state index in [1.165, 1.54) is 0 Å². The van der Waals surface area contributed by atoms with E-state index in [9.17, 15) is 4.79 Å². The Morgan fingerprint density at radius 3 is 3.00 bits per heavy atom. The first-order valence-electron chi connectivity index (χ1n) is 7.56. The third-order valence-corrected chi connectivity index (χ3v) is 3.55. The highest BCUT2D eigenvalue weighted by molar-refractivity contribution is 5.85. The van der Waals surface area contributed by atoms with Crippen molar-refractivity contribution in [2.24, 2.45) is 5.92 Å². The molecule has 1 saturated heterocycles. The maximum Gasteiger partial charge on any atom is 0.228 e. The van der Waals surface area contributed by atoms with Crippen molar-refractivity contribution >= 4 is 18.3 Å². The largest absolute Gasteiger partial charge is 0.356 e. The van der Waals surface area contributed by atoms with Crippen molar-refractivity contribution in [2.45, 2.75) is 32.7 Å². The fraction of sp³-hybridized carbons (Fsp3) is 0.786.